The molecular formula is H4BIN2P+. The molecule has 0 aliphatic rings. The van der Waals surface area contributed by atoms with E-state index in [-0.39, 0.29) is 0 Å². The van der Waals surface area contributed by atoms with Crippen LogP contribution in [0.1, 0.15) is 0 Å². The molecule has 0 aliphatic carbocycles. The van der Waals surface area contributed by atoms with Gasteiger partial charge in [-0.1, -0.05) is 0 Å². The van der Waals surface area contributed by atoms with E-state index >= 15 is 0 Å². The van der Waals surface area contributed by atoms with E-state index in [4.69, 9.17) is 11.1 Å². The summed E-state index contributed by atoms with van der Waals surface area (Å²) in [6.07, 6.45) is 0. The van der Waals surface area contributed by atoms with E-state index in [1.807, 2.05) is 0 Å². The maximum absolute atomic E-state index is 5.16. The van der Waals surface area contributed by atoms with Crippen LogP contribution in [0.5, 0.6) is 0 Å². The summed E-state index contributed by atoms with van der Waals surface area (Å²) in [5.41, 5.74) is 10.1. The average molecular weight is 201 g/mol. The Morgan fingerprint density at radius 2 is 2.00 bits per heavy atom. The average Bonchev–Trinajstić information content (AvgIpc) is 1.38. The molecule has 0 amide bonds. The van der Waals surface area contributed by atoms with Gasteiger partial charge in [-0.15, -0.1) is 0 Å². The van der Waals surface area contributed by atoms with E-state index < -0.39 is 5.21 Å². The molecule has 1 unspecified atom stereocenters. The number of hydrogen-bond donors (Lipinski definition) is 2. The van der Waals surface area contributed by atoms with Gasteiger partial charge < -0.3 is 0 Å². The van der Waals surface area contributed by atoms with Crippen molar-refractivity contribution in [3.8, 4) is 0 Å². The topological polar surface area (TPSA) is 52.0 Å². The van der Waals surface area contributed by atoms with E-state index in [9.17, 15) is 0 Å². The molecule has 0 radical (unpaired) electrons. The fourth-order valence-electron chi connectivity index (χ4n) is 0. The van der Waals surface area contributed by atoms with Gasteiger partial charge >= 0.3 is 45.1 Å². The van der Waals surface area contributed by atoms with Crippen molar-refractivity contribution in [3.05, 3.63) is 0 Å². The Morgan fingerprint density at radius 1 is 1.80 bits per heavy atom. The second-order valence-corrected chi connectivity index (χ2v) is 4.82. The van der Waals surface area contributed by atoms with Crippen molar-refractivity contribution in [3.63, 3.8) is 0 Å². The third-order valence-electron chi connectivity index (χ3n) is 0.142. The quantitative estimate of drug-likeness (QED) is 0.333. The minimum atomic E-state index is -0.475. The fourth-order valence-corrected chi connectivity index (χ4v) is 0. The monoisotopic (exact) mass is 201 g/mol. The molecule has 0 saturated heterocycles. The van der Waals surface area contributed by atoms with Crippen LogP contribution in [0.2, 0.25) is 0 Å². The number of rotatable bonds is 0. The van der Waals surface area contributed by atoms with Crippen molar-refractivity contribution in [2.75, 3.05) is 0 Å². The van der Waals surface area contributed by atoms with Gasteiger partial charge in [0.25, 0.3) is 0 Å². The predicted octanol–water partition coefficient (Wildman–Crippen LogP) is 0.185. The van der Waals surface area contributed by atoms with Crippen LogP contribution >= 0.6 is 27.2 Å². The van der Waals surface area contributed by atoms with Crippen molar-refractivity contribution < 1.29 is 0 Å². The molecule has 0 spiro atoms. The molecule has 0 heterocycles. The Bertz CT molecular complexity index is 47.6. The Morgan fingerprint density at radius 3 is 2.00 bits per heavy atom. The van der Waals surface area contributed by atoms with Crippen LogP contribution in [0.25, 0.3) is 0 Å². The Balaban J connectivity index is 3.14. The summed E-state index contributed by atoms with van der Waals surface area (Å²) in [6, 6.07) is 0. The van der Waals surface area contributed by atoms with Crippen LogP contribution in [-0.4, -0.2) is 6.75 Å². The molecular weight excluding hydrogens is 197 g/mol. The summed E-state index contributed by atoms with van der Waals surface area (Å²) in [5, 5.41) is -0.475. The zero-order valence-corrected chi connectivity index (χ0v) is 5.61. The van der Waals surface area contributed by atoms with Crippen LogP contribution < -0.4 is 11.1 Å². The van der Waals surface area contributed by atoms with Gasteiger partial charge in [0, 0.05) is 0 Å². The van der Waals surface area contributed by atoms with Crippen LogP contribution in [0.3, 0.4) is 0 Å². The SMILES string of the molecule is NB=[P+](N)I. The summed E-state index contributed by atoms with van der Waals surface area (Å²) >= 11 is 2.07. The van der Waals surface area contributed by atoms with E-state index in [1.54, 1.807) is 0 Å². The summed E-state index contributed by atoms with van der Waals surface area (Å²) in [5.74, 6) is 0. The Hall–Kier alpha value is 1.01. The van der Waals surface area contributed by atoms with Gasteiger partial charge in [-0.25, -0.2) is 0 Å². The summed E-state index contributed by atoms with van der Waals surface area (Å²) < 4.78 is 0. The standard InChI is InChI=1S/BH4IN2P/c2-5(4)1-3/h3-4H2/q+1. The predicted molar refractivity (Wildman–Crippen MR) is 35.1 cm³/mol. The molecule has 2 nitrogen and oxygen atoms in total. The van der Waals surface area contributed by atoms with Gasteiger partial charge in [-0.05, 0) is 0 Å². The fraction of sp³-hybridized carbons (Fsp3) is 0. The normalized spacial score (nSPS) is 10.6. The molecule has 0 bridgehead atoms. The molecule has 0 fully saturated rings. The van der Waals surface area contributed by atoms with E-state index in [2.05, 4.69) is 22.0 Å². The van der Waals surface area contributed by atoms with Crippen molar-refractivity contribution >= 4 is 34.0 Å². The van der Waals surface area contributed by atoms with E-state index in [0.29, 0.717) is 0 Å². The second-order valence-electron chi connectivity index (χ2n) is 0.493. The molecule has 28 valence electrons. The van der Waals surface area contributed by atoms with Crippen molar-refractivity contribution in [1.82, 2.24) is 0 Å². The van der Waals surface area contributed by atoms with Gasteiger partial charge in [0.05, 0.1) is 0 Å². The van der Waals surface area contributed by atoms with Gasteiger partial charge in [0.2, 0.25) is 0 Å². The molecule has 5 heavy (non-hydrogen) atoms. The van der Waals surface area contributed by atoms with Gasteiger partial charge in [0.1, 0.15) is 0 Å². The molecule has 0 saturated carbocycles. The van der Waals surface area contributed by atoms with E-state index in [1.165, 1.54) is 6.75 Å². The minimum absolute atomic E-state index is 0.475. The van der Waals surface area contributed by atoms with E-state index in [0.717, 1.165) is 0 Å². The molecule has 0 aromatic rings. The molecule has 4 N–H and O–H groups in total. The molecule has 0 aromatic heterocycles. The first-order valence-corrected chi connectivity index (χ1v) is 5.28. The molecule has 0 rings (SSSR count). The third kappa shape index (κ3) is 5.01. The Kier molecular flexibility index (Phi) is 3.87. The second kappa shape index (κ2) is 3.21. The van der Waals surface area contributed by atoms with Crippen molar-refractivity contribution in [2.24, 2.45) is 11.1 Å². The zero-order chi connectivity index (χ0) is 4.28. The van der Waals surface area contributed by atoms with Crippen molar-refractivity contribution in [2.45, 2.75) is 0 Å². The zero-order valence-electron chi connectivity index (χ0n) is 2.56. The van der Waals surface area contributed by atoms with Crippen LogP contribution in [-0.2, 0) is 0 Å². The van der Waals surface area contributed by atoms with Gasteiger partial charge in [0.15, 0.2) is 0 Å². The number of nitrogens with two attached hydrogens (primary N) is 2. The Labute approximate surface area is 45.4 Å². The molecule has 0 aliphatic heterocycles. The summed E-state index contributed by atoms with van der Waals surface area (Å²) in [7, 11) is 0. The molecule has 5 heteroatoms. The molecule has 0 aromatic carbocycles. The number of hydrogen-bond acceptors (Lipinski definition) is 1. The van der Waals surface area contributed by atoms with Gasteiger partial charge in [-0.2, -0.15) is 0 Å². The van der Waals surface area contributed by atoms with Crippen LogP contribution in [0, 0.1) is 0 Å². The maximum atomic E-state index is 5.16. The van der Waals surface area contributed by atoms with Crippen molar-refractivity contribution in [1.29, 1.82) is 0 Å². The first-order chi connectivity index (χ1) is 2.27. The molecule has 1 atom stereocenters. The summed E-state index contributed by atoms with van der Waals surface area (Å²) in [4.78, 5) is 0. The van der Waals surface area contributed by atoms with Crippen LogP contribution in [0.4, 0.5) is 0 Å². The first kappa shape index (κ1) is 6.01. The first-order valence-electron chi connectivity index (χ1n) is 1.02. The van der Waals surface area contributed by atoms with Crippen LogP contribution in [0.15, 0.2) is 0 Å². The third-order valence-corrected chi connectivity index (χ3v) is 1.39. The van der Waals surface area contributed by atoms with Gasteiger partial charge in [-0.3, -0.25) is 0 Å². The summed E-state index contributed by atoms with van der Waals surface area (Å²) in [6.45, 7) is 1.50. The number of halogens is 1.